The van der Waals surface area contributed by atoms with Gasteiger partial charge in [0.2, 0.25) is 0 Å². The molecule has 12 nitrogen and oxygen atoms in total. The number of carbonyl (C=O) groups excluding carboxylic acids is 4. The second-order valence-corrected chi connectivity index (χ2v) is 12.7. The van der Waals surface area contributed by atoms with Gasteiger partial charge in [0.25, 0.3) is 23.6 Å². The number of amides is 4. The fourth-order valence-corrected chi connectivity index (χ4v) is 6.13. The number of halogens is 4. The van der Waals surface area contributed by atoms with Crippen LogP contribution < -0.4 is 29.6 Å². The Hall–Kier alpha value is -5.60. The number of carbonyl (C=O) groups is 4. The average Bonchev–Trinajstić information content (AvgIpc) is 3.19. The fourth-order valence-electron chi connectivity index (χ4n) is 5.77. The molecule has 0 spiro atoms. The van der Waals surface area contributed by atoms with E-state index < -0.39 is 48.5 Å². The predicted molar refractivity (Wildman–Crippen MR) is 211 cm³/mol. The summed E-state index contributed by atoms with van der Waals surface area (Å²) in [5.41, 5.74) is 0.501. The summed E-state index contributed by atoms with van der Waals surface area (Å²) in [5.74, 6) is -3.69. The highest BCUT2D eigenvalue weighted by molar-refractivity contribution is 6.31. The molecule has 0 radical (unpaired) electrons. The molecule has 4 aromatic rings. The maximum absolute atomic E-state index is 14.3. The molecule has 0 fully saturated rings. The quantitative estimate of drug-likeness (QED) is 0.110. The van der Waals surface area contributed by atoms with Gasteiger partial charge >= 0.3 is 0 Å². The lowest BCUT2D eigenvalue weighted by atomic mass is 9.91. The summed E-state index contributed by atoms with van der Waals surface area (Å²) >= 11 is 11.8. The maximum Gasteiger partial charge on any atom is 0.262 e. The molecule has 0 bridgehead atoms. The van der Waals surface area contributed by atoms with E-state index in [-0.39, 0.29) is 66.7 Å². The third-order valence-electron chi connectivity index (χ3n) is 8.60. The number of rotatable bonds is 17. The number of ether oxygens (including phenoxy) is 4. The highest BCUT2D eigenvalue weighted by Crippen LogP contribution is 2.49. The smallest absolute Gasteiger partial charge is 0.262 e. The van der Waals surface area contributed by atoms with Crippen molar-refractivity contribution in [2.24, 2.45) is 0 Å². The number of nitrogens with zero attached hydrogens (tertiary/aromatic N) is 2. The monoisotopic (exact) mass is 814 g/mol. The van der Waals surface area contributed by atoms with Gasteiger partial charge in [0.1, 0.15) is 11.6 Å². The Morgan fingerprint density at radius 3 is 1.25 bits per heavy atom. The van der Waals surface area contributed by atoms with Crippen molar-refractivity contribution in [2.45, 2.75) is 27.7 Å². The molecular weight excluding hydrogens is 773 g/mol. The van der Waals surface area contributed by atoms with Crippen molar-refractivity contribution in [3.63, 3.8) is 0 Å². The van der Waals surface area contributed by atoms with Gasteiger partial charge in [0.05, 0.1) is 35.4 Å². The van der Waals surface area contributed by atoms with Crippen molar-refractivity contribution in [1.29, 1.82) is 0 Å². The molecule has 0 atom stereocenters. The van der Waals surface area contributed by atoms with Gasteiger partial charge in [-0.1, -0.05) is 23.2 Å². The normalized spacial score (nSPS) is 10.7. The Balaban J connectivity index is 1.96. The molecule has 298 valence electrons. The Labute approximate surface area is 333 Å². The summed E-state index contributed by atoms with van der Waals surface area (Å²) in [6.07, 6.45) is 0. The summed E-state index contributed by atoms with van der Waals surface area (Å²) in [6, 6.07) is 13.3. The number of hydrogen-bond donors (Lipinski definition) is 2. The van der Waals surface area contributed by atoms with Crippen LogP contribution in [0.2, 0.25) is 10.0 Å². The van der Waals surface area contributed by atoms with Gasteiger partial charge in [-0.15, -0.1) is 0 Å². The molecule has 0 aliphatic rings. The van der Waals surface area contributed by atoms with E-state index >= 15 is 0 Å². The second-order valence-electron chi connectivity index (χ2n) is 11.9. The number of benzene rings is 4. The molecule has 0 saturated heterocycles. The van der Waals surface area contributed by atoms with Crippen LogP contribution in [0.1, 0.15) is 48.4 Å². The van der Waals surface area contributed by atoms with Crippen LogP contribution in [0.25, 0.3) is 11.1 Å². The van der Waals surface area contributed by atoms with Crippen LogP contribution >= 0.6 is 23.2 Å². The van der Waals surface area contributed by atoms with Crippen LogP contribution in [0.4, 0.5) is 20.2 Å². The first kappa shape index (κ1) is 43.1. The van der Waals surface area contributed by atoms with Crippen LogP contribution in [0, 0.1) is 11.6 Å². The molecule has 0 heterocycles. The molecule has 4 amide bonds. The summed E-state index contributed by atoms with van der Waals surface area (Å²) in [7, 11) is 2.71. The van der Waals surface area contributed by atoms with Gasteiger partial charge in [0, 0.05) is 48.7 Å². The number of anilines is 2. The van der Waals surface area contributed by atoms with Crippen LogP contribution in [0.15, 0.2) is 60.7 Å². The SMILES string of the molecule is CCN(CC)C(=O)c1ccc(OC)c(OCC(=O)Nc2ccc(F)c(Cl)c2)c1-c1c(C(=O)N(CC)CC)ccc(OC)c1OCC(=O)Nc1ccc(F)c(Cl)c1. The third-order valence-corrected chi connectivity index (χ3v) is 9.18. The van der Waals surface area contributed by atoms with Gasteiger partial charge in [-0.25, -0.2) is 8.78 Å². The minimum absolute atomic E-state index is 0.00834. The molecule has 56 heavy (non-hydrogen) atoms. The summed E-state index contributed by atoms with van der Waals surface area (Å²) in [5, 5.41) is 4.76. The summed E-state index contributed by atoms with van der Waals surface area (Å²) in [6.45, 7) is 7.19. The fraction of sp³-hybridized carbons (Fsp3) is 0.300. The van der Waals surface area contributed by atoms with Crippen LogP contribution in [-0.2, 0) is 9.59 Å². The molecule has 4 aromatic carbocycles. The summed E-state index contributed by atoms with van der Waals surface area (Å²) < 4.78 is 51.4. The molecule has 0 saturated carbocycles. The van der Waals surface area contributed by atoms with E-state index in [2.05, 4.69) is 10.6 Å². The molecule has 2 N–H and O–H groups in total. The summed E-state index contributed by atoms with van der Waals surface area (Å²) in [4.78, 5) is 58.3. The Bertz CT molecular complexity index is 1950. The first-order chi connectivity index (χ1) is 26.8. The van der Waals surface area contributed by atoms with Crippen LogP contribution in [0.3, 0.4) is 0 Å². The second kappa shape index (κ2) is 19.8. The lowest BCUT2D eigenvalue weighted by Crippen LogP contribution is -2.32. The van der Waals surface area contributed by atoms with E-state index in [4.69, 9.17) is 42.1 Å². The van der Waals surface area contributed by atoms with Gasteiger partial charge in [-0.2, -0.15) is 0 Å². The van der Waals surface area contributed by atoms with Gasteiger partial charge < -0.3 is 39.4 Å². The van der Waals surface area contributed by atoms with Crippen molar-refractivity contribution in [3.8, 4) is 34.1 Å². The Kier molecular flexibility index (Phi) is 15.3. The lowest BCUT2D eigenvalue weighted by Gasteiger charge is -2.27. The predicted octanol–water partition coefficient (Wildman–Crippen LogP) is 7.95. The van der Waals surface area contributed by atoms with Crippen LogP contribution in [-0.4, -0.2) is 87.0 Å². The van der Waals surface area contributed by atoms with Gasteiger partial charge in [0.15, 0.2) is 36.2 Å². The lowest BCUT2D eigenvalue weighted by molar-refractivity contribution is -0.118. The van der Waals surface area contributed by atoms with E-state index in [0.717, 1.165) is 12.1 Å². The Morgan fingerprint density at radius 2 is 0.946 bits per heavy atom. The van der Waals surface area contributed by atoms with Crippen molar-refractivity contribution >= 4 is 58.2 Å². The first-order valence-corrected chi connectivity index (χ1v) is 18.3. The Morgan fingerprint density at radius 1 is 0.589 bits per heavy atom. The molecule has 0 aromatic heterocycles. The molecule has 0 unspecified atom stereocenters. The molecule has 4 rings (SSSR count). The first-order valence-electron chi connectivity index (χ1n) is 17.6. The van der Waals surface area contributed by atoms with Gasteiger partial charge in [-0.3, -0.25) is 19.2 Å². The van der Waals surface area contributed by atoms with Crippen molar-refractivity contribution < 1.29 is 46.9 Å². The third kappa shape index (κ3) is 9.98. The number of methoxy groups -OCH3 is 2. The topological polar surface area (TPSA) is 136 Å². The minimum atomic E-state index is -0.680. The van der Waals surface area contributed by atoms with Crippen molar-refractivity contribution in [2.75, 3.05) is 64.2 Å². The van der Waals surface area contributed by atoms with Gasteiger partial charge in [-0.05, 0) is 88.4 Å². The largest absolute Gasteiger partial charge is 0.493 e. The van der Waals surface area contributed by atoms with Crippen molar-refractivity contribution in [3.05, 3.63) is 93.5 Å². The zero-order valence-corrected chi connectivity index (χ0v) is 33.2. The molecule has 0 aliphatic carbocycles. The minimum Gasteiger partial charge on any atom is -0.493 e. The van der Waals surface area contributed by atoms with E-state index in [0.29, 0.717) is 26.2 Å². The number of hydrogen-bond acceptors (Lipinski definition) is 8. The molecular formula is C40H42Cl2F2N4O8. The standard InChI is InChI=1S/C40H42Cl2F2N4O8/c1-7-47(8-2)39(51)25-13-17-31(53-5)37(55-21-33(49)45-23-11-15-29(43)27(41)19-23)35(25)36-26(40(52)48(9-3)10-4)14-18-32(54-6)38(36)56-22-34(50)46-24-12-16-30(44)28(42)20-24/h11-20H,7-10,21-22H2,1-6H3,(H,45,49)(H,46,50). The van der Waals surface area contributed by atoms with Crippen LogP contribution in [0.5, 0.6) is 23.0 Å². The molecule has 16 heteroatoms. The maximum atomic E-state index is 14.3. The van der Waals surface area contributed by atoms with E-state index in [1.165, 1.54) is 62.8 Å². The van der Waals surface area contributed by atoms with E-state index in [1.807, 2.05) is 0 Å². The zero-order valence-electron chi connectivity index (χ0n) is 31.7. The highest BCUT2D eigenvalue weighted by atomic mass is 35.5. The van der Waals surface area contributed by atoms with Crippen molar-refractivity contribution in [1.82, 2.24) is 9.80 Å². The average molecular weight is 816 g/mol. The van der Waals surface area contributed by atoms with E-state index in [1.54, 1.807) is 37.5 Å². The highest BCUT2D eigenvalue weighted by Gasteiger charge is 2.33. The molecule has 0 aliphatic heterocycles. The number of nitrogens with one attached hydrogen (secondary N) is 2. The van der Waals surface area contributed by atoms with E-state index in [9.17, 15) is 28.0 Å². The zero-order chi connectivity index (χ0) is 41.1.